The Bertz CT molecular complexity index is 719. The fraction of sp³-hybridized carbons (Fsp3) is 0.500. The van der Waals surface area contributed by atoms with Gasteiger partial charge < -0.3 is 4.57 Å². The van der Waals surface area contributed by atoms with E-state index in [0.717, 1.165) is 24.4 Å². The minimum Gasteiger partial charge on any atom is -0.337 e. The number of aromatic nitrogens is 2. The van der Waals surface area contributed by atoms with Crippen molar-refractivity contribution >= 4 is 21.4 Å². The van der Waals surface area contributed by atoms with Gasteiger partial charge in [-0.3, -0.25) is 0 Å². The molecule has 114 valence electrons. The molecule has 0 spiro atoms. The van der Waals surface area contributed by atoms with Crippen molar-refractivity contribution in [3.05, 3.63) is 35.2 Å². The molecule has 1 aliphatic rings. The fourth-order valence-electron chi connectivity index (χ4n) is 2.92. The van der Waals surface area contributed by atoms with Crippen LogP contribution >= 0.6 is 11.3 Å². The Balaban J connectivity index is 1.85. The zero-order valence-corrected chi connectivity index (χ0v) is 13.8. The van der Waals surface area contributed by atoms with Crippen molar-refractivity contribution in [1.29, 1.82) is 0 Å². The molecule has 0 N–H and O–H groups in total. The number of hydrogen-bond donors (Lipinski definition) is 0. The van der Waals surface area contributed by atoms with Crippen LogP contribution in [0.4, 0.5) is 0 Å². The van der Waals surface area contributed by atoms with E-state index in [0.29, 0.717) is 17.3 Å². The lowest BCUT2D eigenvalue weighted by Crippen LogP contribution is -2.39. The van der Waals surface area contributed by atoms with Gasteiger partial charge in [0.25, 0.3) is 10.0 Å². The monoisotopic (exact) mass is 325 g/mol. The van der Waals surface area contributed by atoms with E-state index >= 15 is 0 Å². The van der Waals surface area contributed by atoms with E-state index in [1.54, 1.807) is 21.8 Å². The first-order valence-corrected chi connectivity index (χ1v) is 9.34. The summed E-state index contributed by atoms with van der Waals surface area (Å²) in [6, 6.07) is 3.45. The second kappa shape index (κ2) is 5.55. The Hall–Kier alpha value is -1.18. The zero-order valence-electron chi connectivity index (χ0n) is 12.2. The van der Waals surface area contributed by atoms with Crippen LogP contribution in [-0.4, -0.2) is 35.4 Å². The van der Waals surface area contributed by atoms with Gasteiger partial charge in [-0.05, 0) is 31.2 Å². The standard InChI is InChI=1S/C14H19N3O2S2/c1-11-9-16(2)14(15-11)12-5-3-7-17(10-12)21(18,19)13-6-4-8-20-13/h4,6,8-9,12H,3,5,7,10H2,1-2H3/t12-/m0/s1. The number of imidazole rings is 1. The summed E-state index contributed by atoms with van der Waals surface area (Å²) in [4.78, 5) is 4.56. The number of sulfonamides is 1. The van der Waals surface area contributed by atoms with E-state index in [-0.39, 0.29) is 5.92 Å². The van der Waals surface area contributed by atoms with E-state index < -0.39 is 10.0 Å². The van der Waals surface area contributed by atoms with Crippen molar-refractivity contribution < 1.29 is 8.42 Å². The molecular weight excluding hydrogens is 306 g/mol. The van der Waals surface area contributed by atoms with Gasteiger partial charge in [-0.1, -0.05) is 6.07 Å². The summed E-state index contributed by atoms with van der Waals surface area (Å²) in [6.07, 6.45) is 3.85. The van der Waals surface area contributed by atoms with Crippen LogP contribution in [0.1, 0.15) is 30.3 Å². The summed E-state index contributed by atoms with van der Waals surface area (Å²) in [5, 5.41) is 1.80. The average Bonchev–Trinajstić information content (AvgIpc) is 3.09. The Kier molecular flexibility index (Phi) is 3.90. The Labute approximate surface area is 129 Å². The SMILES string of the molecule is Cc1cn(C)c([C@H]2CCCN(S(=O)(=O)c3cccs3)C2)n1. The first kappa shape index (κ1) is 14.7. The maximum Gasteiger partial charge on any atom is 0.252 e. The van der Waals surface area contributed by atoms with Gasteiger partial charge in [-0.2, -0.15) is 4.31 Å². The maximum absolute atomic E-state index is 12.6. The molecule has 0 unspecified atom stereocenters. The molecule has 5 nitrogen and oxygen atoms in total. The zero-order chi connectivity index (χ0) is 15.0. The third-order valence-electron chi connectivity index (χ3n) is 3.87. The van der Waals surface area contributed by atoms with Gasteiger partial charge in [0.2, 0.25) is 0 Å². The first-order valence-electron chi connectivity index (χ1n) is 7.02. The van der Waals surface area contributed by atoms with Crippen LogP contribution in [0.3, 0.4) is 0 Å². The largest absolute Gasteiger partial charge is 0.337 e. The number of thiophene rings is 1. The van der Waals surface area contributed by atoms with E-state index in [1.807, 2.05) is 24.7 Å². The Morgan fingerprint density at radius 2 is 2.24 bits per heavy atom. The predicted octanol–water partition coefficient (Wildman–Crippen LogP) is 2.36. The number of nitrogens with zero attached hydrogens (tertiary/aromatic N) is 3. The average molecular weight is 325 g/mol. The summed E-state index contributed by atoms with van der Waals surface area (Å²) < 4.78 is 29.3. The van der Waals surface area contributed by atoms with Crippen LogP contribution in [0.5, 0.6) is 0 Å². The van der Waals surface area contributed by atoms with Crippen LogP contribution < -0.4 is 0 Å². The van der Waals surface area contributed by atoms with Crippen molar-refractivity contribution in [1.82, 2.24) is 13.9 Å². The minimum atomic E-state index is -3.35. The van der Waals surface area contributed by atoms with Crippen LogP contribution in [-0.2, 0) is 17.1 Å². The van der Waals surface area contributed by atoms with E-state index in [9.17, 15) is 8.42 Å². The molecular formula is C14H19N3O2S2. The van der Waals surface area contributed by atoms with Crippen molar-refractivity contribution in [2.24, 2.45) is 7.05 Å². The summed E-state index contributed by atoms with van der Waals surface area (Å²) >= 11 is 1.28. The van der Waals surface area contributed by atoms with Crippen molar-refractivity contribution in [2.75, 3.05) is 13.1 Å². The number of hydrogen-bond acceptors (Lipinski definition) is 4. The summed E-state index contributed by atoms with van der Waals surface area (Å²) in [5.41, 5.74) is 0.978. The fourth-order valence-corrected chi connectivity index (χ4v) is 5.59. The van der Waals surface area contributed by atoms with Gasteiger partial charge in [0.05, 0.1) is 5.69 Å². The highest BCUT2D eigenvalue weighted by Crippen LogP contribution is 2.30. The lowest BCUT2D eigenvalue weighted by atomic mass is 9.99. The molecule has 1 fully saturated rings. The van der Waals surface area contributed by atoms with Crippen LogP contribution in [0.25, 0.3) is 0 Å². The van der Waals surface area contributed by atoms with Gasteiger partial charge in [-0.25, -0.2) is 13.4 Å². The van der Waals surface area contributed by atoms with Gasteiger partial charge in [0.1, 0.15) is 10.0 Å². The molecule has 0 saturated carbocycles. The summed E-state index contributed by atoms with van der Waals surface area (Å²) in [5.74, 6) is 1.16. The quantitative estimate of drug-likeness (QED) is 0.870. The molecule has 21 heavy (non-hydrogen) atoms. The highest BCUT2D eigenvalue weighted by atomic mass is 32.2. The molecule has 2 aromatic rings. The molecule has 0 aliphatic carbocycles. The molecule has 7 heteroatoms. The predicted molar refractivity (Wildman–Crippen MR) is 83.0 cm³/mol. The van der Waals surface area contributed by atoms with Crippen LogP contribution in [0.2, 0.25) is 0 Å². The normalized spacial score (nSPS) is 20.8. The third kappa shape index (κ3) is 2.77. The highest BCUT2D eigenvalue weighted by Gasteiger charge is 2.32. The molecule has 1 aliphatic heterocycles. The number of rotatable bonds is 3. The highest BCUT2D eigenvalue weighted by molar-refractivity contribution is 7.91. The van der Waals surface area contributed by atoms with Crippen molar-refractivity contribution in [3.63, 3.8) is 0 Å². The van der Waals surface area contributed by atoms with Crippen molar-refractivity contribution in [3.8, 4) is 0 Å². The van der Waals surface area contributed by atoms with E-state index in [1.165, 1.54) is 11.3 Å². The van der Waals surface area contributed by atoms with Crippen LogP contribution in [0, 0.1) is 6.92 Å². The Morgan fingerprint density at radius 3 is 2.86 bits per heavy atom. The summed E-state index contributed by atoms with van der Waals surface area (Å²) in [7, 11) is -1.38. The molecule has 1 atom stereocenters. The minimum absolute atomic E-state index is 0.173. The van der Waals surface area contributed by atoms with Gasteiger partial charge in [0, 0.05) is 32.3 Å². The number of aryl methyl sites for hydroxylation is 2. The molecule has 1 saturated heterocycles. The summed E-state index contributed by atoms with van der Waals surface area (Å²) in [6.45, 7) is 3.08. The smallest absolute Gasteiger partial charge is 0.252 e. The van der Waals surface area contributed by atoms with Gasteiger partial charge in [0.15, 0.2) is 0 Å². The molecule has 3 rings (SSSR count). The second-order valence-electron chi connectivity index (χ2n) is 5.49. The molecule has 0 bridgehead atoms. The van der Waals surface area contributed by atoms with Crippen molar-refractivity contribution in [2.45, 2.75) is 29.9 Å². The molecule has 0 radical (unpaired) electrons. The molecule has 3 heterocycles. The molecule has 2 aromatic heterocycles. The second-order valence-corrected chi connectivity index (χ2v) is 8.60. The Morgan fingerprint density at radius 1 is 1.43 bits per heavy atom. The first-order chi connectivity index (χ1) is 9.98. The maximum atomic E-state index is 12.6. The third-order valence-corrected chi connectivity index (χ3v) is 7.11. The lowest BCUT2D eigenvalue weighted by molar-refractivity contribution is 0.307. The van der Waals surface area contributed by atoms with Crippen LogP contribution in [0.15, 0.2) is 27.9 Å². The van der Waals surface area contributed by atoms with E-state index in [4.69, 9.17) is 0 Å². The number of piperidine rings is 1. The molecule has 0 amide bonds. The van der Waals surface area contributed by atoms with E-state index in [2.05, 4.69) is 4.98 Å². The molecule has 0 aromatic carbocycles. The lowest BCUT2D eigenvalue weighted by Gasteiger charge is -2.31. The van der Waals surface area contributed by atoms with Gasteiger partial charge in [-0.15, -0.1) is 11.3 Å². The van der Waals surface area contributed by atoms with Gasteiger partial charge >= 0.3 is 0 Å². The topological polar surface area (TPSA) is 55.2 Å².